The standard InChI is InChI=1S/C17H19N3O3/c1-18-10-16(22)20-5-6-23-17-14(11-20)7-13(8-15(17)21)12-3-2-4-19-9-12/h2-4,7-9,18,21H,5-6,10-11H2,1H3. The summed E-state index contributed by atoms with van der Waals surface area (Å²) in [7, 11) is 1.74. The van der Waals surface area contributed by atoms with Gasteiger partial charge in [0.2, 0.25) is 5.91 Å². The Balaban J connectivity index is 1.96. The van der Waals surface area contributed by atoms with E-state index >= 15 is 0 Å². The Morgan fingerprint density at radius 1 is 1.43 bits per heavy atom. The van der Waals surface area contributed by atoms with E-state index in [1.807, 2.05) is 18.2 Å². The Bertz CT molecular complexity index is 704. The van der Waals surface area contributed by atoms with Gasteiger partial charge in [-0.15, -0.1) is 0 Å². The molecule has 0 atom stereocenters. The first-order chi connectivity index (χ1) is 11.2. The number of fused-ring (bicyclic) bond motifs is 1. The summed E-state index contributed by atoms with van der Waals surface area (Å²) in [5.74, 6) is 0.553. The van der Waals surface area contributed by atoms with Crippen LogP contribution in [0.4, 0.5) is 0 Å². The molecule has 2 N–H and O–H groups in total. The number of carbonyl (C=O) groups is 1. The molecule has 1 aliphatic rings. The molecule has 2 aromatic rings. The smallest absolute Gasteiger partial charge is 0.236 e. The van der Waals surface area contributed by atoms with E-state index < -0.39 is 0 Å². The maximum Gasteiger partial charge on any atom is 0.236 e. The van der Waals surface area contributed by atoms with Crippen molar-refractivity contribution in [2.75, 3.05) is 26.7 Å². The molecule has 0 unspecified atom stereocenters. The highest BCUT2D eigenvalue weighted by Gasteiger charge is 2.22. The summed E-state index contributed by atoms with van der Waals surface area (Å²) in [6, 6.07) is 7.38. The molecule has 120 valence electrons. The highest BCUT2D eigenvalue weighted by molar-refractivity contribution is 5.78. The number of nitrogens with zero attached hydrogens (tertiary/aromatic N) is 2. The summed E-state index contributed by atoms with van der Waals surface area (Å²) in [6.45, 7) is 1.56. The summed E-state index contributed by atoms with van der Waals surface area (Å²) in [5, 5.41) is 13.2. The number of phenols is 1. The first-order valence-electron chi connectivity index (χ1n) is 7.50. The molecule has 1 aliphatic heterocycles. The third-order valence-corrected chi connectivity index (χ3v) is 3.79. The lowest BCUT2D eigenvalue weighted by molar-refractivity contribution is -0.130. The van der Waals surface area contributed by atoms with E-state index in [1.54, 1.807) is 30.4 Å². The minimum atomic E-state index is 0.00946. The predicted molar refractivity (Wildman–Crippen MR) is 86.2 cm³/mol. The van der Waals surface area contributed by atoms with Gasteiger partial charge in [-0.2, -0.15) is 0 Å². The largest absolute Gasteiger partial charge is 0.504 e. The van der Waals surface area contributed by atoms with E-state index in [4.69, 9.17) is 4.74 Å². The van der Waals surface area contributed by atoms with Crippen molar-refractivity contribution in [3.63, 3.8) is 0 Å². The number of hydrogen-bond donors (Lipinski definition) is 2. The van der Waals surface area contributed by atoms with Crippen LogP contribution in [0.5, 0.6) is 11.5 Å². The van der Waals surface area contributed by atoms with Crippen LogP contribution < -0.4 is 10.1 Å². The zero-order chi connectivity index (χ0) is 16.2. The molecule has 6 heteroatoms. The van der Waals surface area contributed by atoms with E-state index in [-0.39, 0.29) is 18.2 Å². The number of hydrogen-bond acceptors (Lipinski definition) is 5. The molecule has 1 aromatic carbocycles. The van der Waals surface area contributed by atoms with Gasteiger partial charge in [0.25, 0.3) is 0 Å². The molecule has 0 radical (unpaired) electrons. The van der Waals surface area contributed by atoms with Crippen LogP contribution in [0.3, 0.4) is 0 Å². The number of nitrogens with one attached hydrogen (secondary N) is 1. The summed E-state index contributed by atoms with van der Waals surface area (Å²) in [5.41, 5.74) is 2.55. The van der Waals surface area contributed by atoms with E-state index in [9.17, 15) is 9.90 Å². The van der Waals surface area contributed by atoms with E-state index in [2.05, 4.69) is 10.3 Å². The van der Waals surface area contributed by atoms with E-state index in [1.165, 1.54) is 0 Å². The molecule has 1 aromatic heterocycles. The van der Waals surface area contributed by atoms with Crippen LogP contribution in [0.2, 0.25) is 0 Å². The molecule has 1 amide bonds. The van der Waals surface area contributed by atoms with E-state index in [0.29, 0.717) is 25.4 Å². The minimum Gasteiger partial charge on any atom is -0.504 e. The van der Waals surface area contributed by atoms with Crippen LogP contribution in [-0.2, 0) is 11.3 Å². The SMILES string of the molecule is CNCC(=O)N1CCOc2c(O)cc(-c3cccnc3)cc2C1. The molecule has 0 aliphatic carbocycles. The molecule has 0 spiro atoms. The third kappa shape index (κ3) is 3.27. The lowest BCUT2D eigenvalue weighted by Crippen LogP contribution is -2.37. The average Bonchev–Trinajstić information content (AvgIpc) is 2.79. The van der Waals surface area contributed by atoms with Gasteiger partial charge in [-0.25, -0.2) is 0 Å². The molecule has 0 fully saturated rings. The maximum atomic E-state index is 12.1. The van der Waals surface area contributed by atoms with Gasteiger partial charge < -0.3 is 20.1 Å². The fourth-order valence-electron chi connectivity index (χ4n) is 2.68. The number of aromatic hydroxyl groups is 1. The highest BCUT2D eigenvalue weighted by atomic mass is 16.5. The number of rotatable bonds is 3. The Labute approximate surface area is 134 Å². The fourth-order valence-corrected chi connectivity index (χ4v) is 2.68. The monoisotopic (exact) mass is 313 g/mol. The van der Waals surface area contributed by atoms with Crippen molar-refractivity contribution in [1.29, 1.82) is 0 Å². The van der Waals surface area contributed by atoms with Crippen molar-refractivity contribution >= 4 is 5.91 Å². The molecule has 6 nitrogen and oxygen atoms in total. The van der Waals surface area contributed by atoms with Crippen LogP contribution in [-0.4, -0.2) is 47.6 Å². The van der Waals surface area contributed by atoms with Crippen LogP contribution >= 0.6 is 0 Å². The van der Waals surface area contributed by atoms with Gasteiger partial charge in [-0.1, -0.05) is 6.07 Å². The Kier molecular flexibility index (Phi) is 4.43. The highest BCUT2D eigenvalue weighted by Crippen LogP contribution is 2.37. The predicted octanol–water partition coefficient (Wildman–Crippen LogP) is 1.39. The summed E-state index contributed by atoms with van der Waals surface area (Å²) in [6.07, 6.45) is 3.44. The van der Waals surface area contributed by atoms with Crippen molar-refractivity contribution in [2.45, 2.75) is 6.54 Å². The summed E-state index contributed by atoms with van der Waals surface area (Å²) >= 11 is 0. The lowest BCUT2D eigenvalue weighted by atomic mass is 10.0. The molecule has 0 saturated carbocycles. The third-order valence-electron chi connectivity index (χ3n) is 3.79. The van der Waals surface area contributed by atoms with Crippen molar-refractivity contribution in [3.8, 4) is 22.6 Å². The number of ether oxygens (including phenoxy) is 1. The minimum absolute atomic E-state index is 0.00946. The maximum absolute atomic E-state index is 12.1. The van der Waals surface area contributed by atoms with E-state index in [0.717, 1.165) is 16.7 Å². The molecular formula is C17H19N3O3. The number of benzene rings is 1. The van der Waals surface area contributed by atoms with Crippen molar-refractivity contribution in [1.82, 2.24) is 15.2 Å². The Morgan fingerprint density at radius 3 is 3.04 bits per heavy atom. The van der Waals surface area contributed by atoms with Gasteiger partial charge in [0.1, 0.15) is 6.61 Å². The van der Waals surface area contributed by atoms with Crippen LogP contribution in [0.25, 0.3) is 11.1 Å². The molecule has 3 rings (SSSR count). The van der Waals surface area contributed by atoms with Crippen molar-refractivity contribution in [3.05, 3.63) is 42.2 Å². The van der Waals surface area contributed by atoms with Crippen LogP contribution in [0.15, 0.2) is 36.7 Å². The average molecular weight is 313 g/mol. The number of amides is 1. The number of aromatic nitrogens is 1. The molecule has 0 saturated heterocycles. The normalized spacial score (nSPS) is 13.9. The molecule has 23 heavy (non-hydrogen) atoms. The molecule has 2 heterocycles. The number of phenolic OH excluding ortho intramolecular Hbond substituents is 1. The number of carbonyl (C=O) groups excluding carboxylic acids is 1. The van der Waals surface area contributed by atoms with Gasteiger partial charge in [0, 0.05) is 30.1 Å². The quantitative estimate of drug-likeness (QED) is 0.896. The van der Waals surface area contributed by atoms with Gasteiger partial charge >= 0.3 is 0 Å². The Morgan fingerprint density at radius 2 is 2.30 bits per heavy atom. The first kappa shape index (κ1) is 15.3. The number of pyridine rings is 1. The topological polar surface area (TPSA) is 74.7 Å². The van der Waals surface area contributed by atoms with Crippen molar-refractivity contribution in [2.24, 2.45) is 0 Å². The zero-order valence-electron chi connectivity index (χ0n) is 13.0. The second-order valence-electron chi connectivity index (χ2n) is 5.42. The fraction of sp³-hybridized carbons (Fsp3) is 0.294. The second kappa shape index (κ2) is 6.66. The number of likely N-dealkylation sites (N-methyl/N-ethyl adjacent to an activating group) is 1. The second-order valence-corrected chi connectivity index (χ2v) is 5.42. The van der Waals surface area contributed by atoms with Gasteiger partial charge in [-0.3, -0.25) is 9.78 Å². The lowest BCUT2D eigenvalue weighted by Gasteiger charge is -2.19. The Hall–Kier alpha value is -2.60. The van der Waals surface area contributed by atoms with Crippen molar-refractivity contribution < 1.29 is 14.6 Å². The first-order valence-corrected chi connectivity index (χ1v) is 7.50. The van der Waals surface area contributed by atoms with Crippen LogP contribution in [0.1, 0.15) is 5.56 Å². The van der Waals surface area contributed by atoms with Gasteiger partial charge in [0.15, 0.2) is 11.5 Å². The molecule has 0 bridgehead atoms. The zero-order valence-corrected chi connectivity index (χ0v) is 13.0. The summed E-state index contributed by atoms with van der Waals surface area (Å²) < 4.78 is 5.65. The van der Waals surface area contributed by atoms with Crippen LogP contribution in [0, 0.1) is 0 Å². The van der Waals surface area contributed by atoms with Gasteiger partial charge in [-0.05, 0) is 30.8 Å². The van der Waals surface area contributed by atoms with Gasteiger partial charge in [0.05, 0.1) is 13.1 Å². The molecular weight excluding hydrogens is 294 g/mol. The summed E-state index contributed by atoms with van der Waals surface area (Å²) in [4.78, 5) is 18.0.